The number of amides is 1. The van der Waals surface area contributed by atoms with E-state index < -0.39 is 0 Å². The summed E-state index contributed by atoms with van der Waals surface area (Å²) in [5, 5.41) is 0. The zero-order chi connectivity index (χ0) is 20.9. The van der Waals surface area contributed by atoms with Gasteiger partial charge in [0.1, 0.15) is 0 Å². The Balaban J connectivity index is 0.000000921. The van der Waals surface area contributed by atoms with E-state index in [0.29, 0.717) is 0 Å². The number of aryl methyl sites for hydroxylation is 1. The van der Waals surface area contributed by atoms with Crippen molar-refractivity contribution in [2.75, 3.05) is 11.9 Å². The summed E-state index contributed by atoms with van der Waals surface area (Å²) in [5.74, 6) is 0.0205. The molecule has 1 amide bonds. The molecule has 0 unspecified atom stereocenters. The summed E-state index contributed by atoms with van der Waals surface area (Å²) in [6.45, 7) is 10.0. The minimum Gasteiger partial charge on any atom is -0.311 e. The van der Waals surface area contributed by atoms with Crippen molar-refractivity contribution in [3.8, 4) is 0 Å². The third-order valence-corrected chi connectivity index (χ3v) is 4.18. The van der Waals surface area contributed by atoms with E-state index in [1.807, 2.05) is 108 Å². The second-order valence-corrected chi connectivity index (χ2v) is 6.02. The number of hydrogen-bond donors (Lipinski definition) is 0. The van der Waals surface area contributed by atoms with Gasteiger partial charge in [0.2, 0.25) is 0 Å². The van der Waals surface area contributed by atoms with Crippen LogP contribution in [0.1, 0.15) is 54.7 Å². The standard InChI is InChI=1S/C22H21NO.2C2H6/c1-17-9-8-13-20(15-17)23(2)22(24)21-14-7-6-12-19(21)16-18-10-4-3-5-11-18;2*1-2/h3-15H,16H2,1-2H3;2*1-2H3. The van der Waals surface area contributed by atoms with Crippen molar-refractivity contribution < 1.29 is 4.79 Å². The van der Waals surface area contributed by atoms with Crippen LogP contribution in [0.25, 0.3) is 0 Å². The van der Waals surface area contributed by atoms with Gasteiger partial charge in [-0.15, -0.1) is 0 Å². The van der Waals surface area contributed by atoms with Gasteiger partial charge in [0, 0.05) is 18.3 Å². The first-order valence-corrected chi connectivity index (χ1v) is 10.1. The largest absolute Gasteiger partial charge is 0.311 e. The van der Waals surface area contributed by atoms with Gasteiger partial charge in [0.15, 0.2) is 0 Å². The fourth-order valence-corrected chi connectivity index (χ4v) is 2.83. The number of nitrogens with zero attached hydrogens (tertiary/aromatic N) is 1. The van der Waals surface area contributed by atoms with Crippen molar-refractivity contribution in [3.63, 3.8) is 0 Å². The lowest BCUT2D eigenvalue weighted by molar-refractivity contribution is 0.0992. The Morgan fingerprint density at radius 3 is 2.04 bits per heavy atom. The topological polar surface area (TPSA) is 20.3 Å². The Bertz CT molecular complexity index is 840. The number of benzene rings is 3. The Labute approximate surface area is 170 Å². The zero-order valence-electron chi connectivity index (χ0n) is 18.1. The molecule has 0 aliphatic rings. The maximum Gasteiger partial charge on any atom is 0.258 e. The van der Waals surface area contributed by atoms with Gasteiger partial charge in [-0.2, -0.15) is 0 Å². The Hall–Kier alpha value is -2.87. The summed E-state index contributed by atoms with van der Waals surface area (Å²) >= 11 is 0. The Morgan fingerprint density at radius 2 is 1.39 bits per heavy atom. The molecule has 0 N–H and O–H groups in total. The van der Waals surface area contributed by atoms with Crippen LogP contribution in [0.2, 0.25) is 0 Å². The van der Waals surface area contributed by atoms with E-state index in [0.717, 1.165) is 28.8 Å². The first kappa shape index (κ1) is 23.2. The third kappa shape index (κ3) is 6.38. The minimum absolute atomic E-state index is 0.0205. The van der Waals surface area contributed by atoms with E-state index in [-0.39, 0.29) is 5.91 Å². The molecule has 148 valence electrons. The number of anilines is 1. The smallest absolute Gasteiger partial charge is 0.258 e. The molecular weight excluding hydrogens is 342 g/mol. The molecule has 0 saturated heterocycles. The maximum atomic E-state index is 13.0. The molecule has 0 aromatic heterocycles. The van der Waals surface area contributed by atoms with Gasteiger partial charge in [-0.05, 0) is 48.2 Å². The summed E-state index contributed by atoms with van der Waals surface area (Å²) in [6, 6.07) is 26.1. The Kier molecular flexibility index (Phi) is 10.3. The lowest BCUT2D eigenvalue weighted by atomic mass is 9.99. The maximum absolute atomic E-state index is 13.0. The van der Waals surface area contributed by atoms with Crippen LogP contribution >= 0.6 is 0 Å². The van der Waals surface area contributed by atoms with Gasteiger partial charge in [0.05, 0.1) is 0 Å². The Morgan fingerprint density at radius 1 is 0.786 bits per heavy atom. The third-order valence-electron chi connectivity index (χ3n) is 4.18. The molecule has 0 fully saturated rings. The summed E-state index contributed by atoms with van der Waals surface area (Å²) in [5.41, 5.74) is 5.06. The van der Waals surface area contributed by atoms with Crippen LogP contribution in [0.15, 0.2) is 78.9 Å². The van der Waals surface area contributed by atoms with Gasteiger partial charge >= 0.3 is 0 Å². The first-order chi connectivity index (χ1) is 13.6. The van der Waals surface area contributed by atoms with E-state index in [1.54, 1.807) is 4.90 Å². The number of rotatable bonds is 4. The quantitative estimate of drug-likeness (QED) is 0.485. The fraction of sp³-hybridized carbons (Fsp3) is 0.269. The molecule has 28 heavy (non-hydrogen) atoms. The van der Waals surface area contributed by atoms with Crippen LogP contribution in [0.3, 0.4) is 0 Å². The lowest BCUT2D eigenvalue weighted by Crippen LogP contribution is -2.27. The van der Waals surface area contributed by atoms with Crippen LogP contribution in [0.5, 0.6) is 0 Å². The highest BCUT2D eigenvalue weighted by molar-refractivity contribution is 6.06. The summed E-state index contributed by atoms with van der Waals surface area (Å²) in [6.07, 6.45) is 0.754. The highest BCUT2D eigenvalue weighted by atomic mass is 16.2. The molecular formula is C26H33NO. The van der Waals surface area contributed by atoms with Gasteiger partial charge in [-0.25, -0.2) is 0 Å². The zero-order valence-corrected chi connectivity index (χ0v) is 18.1. The molecule has 0 saturated carbocycles. The summed E-state index contributed by atoms with van der Waals surface area (Å²) < 4.78 is 0. The molecule has 0 radical (unpaired) electrons. The second-order valence-electron chi connectivity index (χ2n) is 6.02. The average Bonchev–Trinajstić information content (AvgIpc) is 2.77. The van der Waals surface area contributed by atoms with Crippen molar-refractivity contribution in [3.05, 3.63) is 101 Å². The van der Waals surface area contributed by atoms with Crippen molar-refractivity contribution >= 4 is 11.6 Å². The van der Waals surface area contributed by atoms with Crippen LogP contribution in [-0.4, -0.2) is 13.0 Å². The highest BCUT2D eigenvalue weighted by Crippen LogP contribution is 2.20. The molecule has 3 aromatic carbocycles. The molecule has 3 rings (SSSR count). The SMILES string of the molecule is CC.CC.Cc1cccc(N(C)C(=O)c2ccccc2Cc2ccccc2)c1. The van der Waals surface area contributed by atoms with Gasteiger partial charge < -0.3 is 4.90 Å². The van der Waals surface area contributed by atoms with E-state index in [2.05, 4.69) is 12.1 Å². The fourth-order valence-electron chi connectivity index (χ4n) is 2.83. The van der Waals surface area contributed by atoms with Crippen molar-refractivity contribution in [2.24, 2.45) is 0 Å². The summed E-state index contributed by atoms with van der Waals surface area (Å²) in [7, 11) is 1.83. The predicted molar refractivity (Wildman–Crippen MR) is 122 cm³/mol. The normalized spacial score (nSPS) is 9.36. The first-order valence-electron chi connectivity index (χ1n) is 10.1. The molecule has 2 nitrogen and oxygen atoms in total. The molecule has 0 heterocycles. The molecule has 0 spiro atoms. The van der Waals surface area contributed by atoms with E-state index in [4.69, 9.17) is 0 Å². The molecule has 0 atom stereocenters. The van der Waals surface area contributed by atoms with Gasteiger partial charge in [-0.1, -0.05) is 88.4 Å². The number of hydrogen-bond acceptors (Lipinski definition) is 1. The number of carbonyl (C=O) groups is 1. The molecule has 2 heteroatoms. The second kappa shape index (κ2) is 12.5. The minimum atomic E-state index is 0.0205. The van der Waals surface area contributed by atoms with Crippen LogP contribution in [0.4, 0.5) is 5.69 Å². The van der Waals surface area contributed by atoms with E-state index in [9.17, 15) is 4.79 Å². The number of carbonyl (C=O) groups excluding carboxylic acids is 1. The molecule has 0 bridgehead atoms. The molecule has 0 aliphatic carbocycles. The molecule has 0 aliphatic heterocycles. The average molecular weight is 376 g/mol. The molecule has 3 aromatic rings. The highest BCUT2D eigenvalue weighted by Gasteiger charge is 2.17. The summed E-state index contributed by atoms with van der Waals surface area (Å²) in [4.78, 5) is 14.7. The van der Waals surface area contributed by atoms with Crippen LogP contribution in [0, 0.1) is 6.92 Å². The van der Waals surface area contributed by atoms with Gasteiger partial charge in [0.25, 0.3) is 5.91 Å². The van der Waals surface area contributed by atoms with Crippen molar-refractivity contribution in [1.82, 2.24) is 0 Å². The predicted octanol–water partition coefficient (Wildman–Crippen LogP) is 6.91. The van der Waals surface area contributed by atoms with Gasteiger partial charge in [-0.3, -0.25) is 4.79 Å². The van der Waals surface area contributed by atoms with Crippen molar-refractivity contribution in [1.29, 1.82) is 0 Å². The van der Waals surface area contributed by atoms with E-state index in [1.165, 1.54) is 5.56 Å². The lowest BCUT2D eigenvalue weighted by Gasteiger charge is -2.20. The van der Waals surface area contributed by atoms with Crippen LogP contribution in [-0.2, 0) is 6.42 Å². The van der Waals surface area contributed by atoms with Crippen LogP contribution < -0.4 is 4.90 Å². The van der Waals surface area contributed by atoms with E-state index >= 15 is 0 Å². The monoisotopic (exact) mass is 375 g/mol. The van der Waals surface area contributed by atoms with Crippen molar-refractivity contribution in [2.45, 2.75) is 41.0 Å².